The Kier molecular flexibility index (Phi) is 14.7. The van der Waals surface area contributed by atoms with Crippen molar-refractivity contribution in [1.29, 1.82) is 0 Å². The summed E-state index contributed by atoms with van der Waals surface area (Å²) >= 11 is 0. The number of ether oxygens (including phenoxy) is 2. The molecule has 0 bridgehead atoms. The largest absolute Gasteiger partial charge is 0.494 e. The van der Waals surface area contributed by atoms with Crippen molar-refractivity contribution >= 4 is 98.1 Å². The SMILES string of the molecule is COc1cc(N=Nc2cccc(S(=O)(=O)O)c2)ccc1N=[N+](O)c1ccc(/C=C/c2ccc([N+](O)=Nc3ccc(N=Nc4cccc(S(=O)(=O)O)c4)cc3OC)cc2S(=O)(=O)O)c(S(=O)(=O)O)c1. The molecule has 0 saturated carbocycles. The van der Waals surface area contributed by atoms with Crippen LogP contribution in [0.15, 0.2) is 172 Å². The van der Waals surface area contributed by atoms with Crippen LogP contribution in [-0.4, -0.2) is 86.2 Å². The lowest BCUT2D eigenvalue weighted by molar-refractivity contribution is -0.761. The van der Waals surface area contributed by atoms with Crippen molar-refractivity contribution in [1.82, 2.24) is 0 Å². The van der Waals surface area contributed by atoms with E-state index >= 15 is 0 Å². The summed E-state index contributed by atoms with van der Waals surface area (Å²) in [6.45, 7) is 0. The number of rotatable bonds is 16. The fourth-order valence-electron chi connectivity index (χ4n) is 5.78. The fraction of sp³-hybridized carbons (Fsp3) is 0.0500. The van der Waals surface area contributed by atoms with Crippen LogP contribution in [0.4, 0.5) is 45.5 Å². The minimum Gasteiger partial charge on any atom is -0.494 e. The second-order valence-electron chi connectivity index (χ2n) is 13.6. The minimum absolute atomic E-state index is 0.00283. The van der Waals surface area contributed by atoms with E-state index in [0.717, 1.165) is 60.7 Å². The smallest absolute Gasteiger partial charge is 0.295 e. The van der Waals surface area contributed by atoms with Gasteiger partial charge in [0.25, 0.3) is 51.8 Å². The summed E-state index contributed by atoms with van der Waals surface area (Å²) in [5.74, 6) is 0.0860. The lowest BCUT2D eigenvalue weighted by atomic mass is 10.1. The van der Waals surface area contributed by atoms with Crippen LogP contribution in [0.5, 0.6) is 11.5 Å². The van der Waals surface area contributed by atoms with Gasteiger partial charge in [0, 0.05) is 36.4 Å². The normalized spacial score (nSPS) is 13.1. The first kappa shape index (κ1) is 49.7. The van der Waals surface area contributed by atoms with Gasteiger partial charge in [0.05, 0.1) is 57.0 Å². The molecule has 24 nitrogen and oxygen atoms in total. The van der Waals surface area contributed by atoms with E-state index in [0.29, 0.717) is 0 Å². The minimum atomic E-state index is -5.04. The standard InChI is InChI=1S/C40H32N8O16S4/c1-63-37-21-29(43-41-27-5-3-7-33(19-27)65(51,52)53)13-17-35(37)45-47(49)31-15-11-25(39(23-31)67(57,58)59)9-10-26-12-16-32(24-40(26)68(60,61)62)48(50)46-36-18-14-30(22-38(36)64-2)44-42-28-6-4-8-34(20-28)66(54,55)56/h3-24H,1-2H3,(H4-2,45,46,49,50,51,52,53,54,55,56,57,58,59,60,61,62)/p+2/b10-9+. The molecular weight excluding hydrogens is 977 g/mol. The summed E-state index contributed by atoms with van der Waals surface area (Å²) in [4.78, 5) is -1.77. The molecule has 0 spiro atoms. The van der Waals surface area contributed by atoms with Gasteiger partial charge < -0.3 is 9.47 Å². The molecule has 6 aromatic rings. The van der Waals surface area contributed by atoms with E-state index < -0.39 is 60.1 Å². The highest BCUT2D eigenvalue weighted by molar-refractivity contribution is 7.86. The molecule has 0 aliphatic rings. The Hall–Kier alpha value is -7.70. The molecule has 0 unspecified atom stereocenters. The first-order valence-electron chi connectivity index (χ1n) is 18.6. The zero-order valence-corrected chi connectivity index (χ0v) is 37.9. The van der Waals surface area contributed by atoms with Crippen molar-refractivity contribution in [3.05, 3.63) is 132 Å². The Morgan fingerprint density at radius 3 is 1.12 bits per heavy atom. The molecule has 0 aromatic heterocycles. The van der Waals surface area contributed by atoms with Crippen LogP contribution in [0.3, 0.4) is 0 Å². The van der Waals surface area contributed by atoms with Crippen molar-refractivity contribution in [2.45, 2.75) is 19.6 Å². The molecule has 0 amide bonds. The van der Waals surface area contributed by atoms with Gasteiger partial charge >= 0.3 is 0 Å². The molecule has 0 aliphatic carbocycles. The van der Waals surface area contributed by atoms with Gasteiger partial charge in [-0.3, -0.25) is 28.6 Å². The lowest BCUT2D eigenvalue weighted by Crippen LogP contribution is -2.04. The first-order chi connectivity index (χ1) is 31.9. The average Bonchev–Trinajstić information content (AvgIpc) is 3.29. The van der Waals surface area contributed by atoms with Gasteiger partial charge in [0.15, 0.2) is 22.9 Å². The molecule has 0 saturated heterocycles. The van der Waals surface area contributed by atoms with Gasteiger partial charge in [-0.1, -0.05) is 24.3 Å². The molecular formula is C40H34N8O16S4+2. The van der Waals surface area contributed by atoms with Gasteiger partial charge in [0.1, 0.15) is 19.5 Å². The van der Waals surface area contributed by atoms with Crippen molar-refractivity contribution in [2.24, 2.45) is 30.7 Å². The van der Waals surface area contributed by atoms with E-state index in [2.05, 4.69) is 30.7 Å². The zero-order chi connectivity index (χ0) is 49.6. The van der Waals surface area contributed by atoms with Gasteiger partial charge in [-0.2, -0.15) is 54.1 Å². The monoisotopic (exact) mass is 1010 g/mol. The van der Waals surface area contributed by atoms with Crippen LogP contribution in [0.1, 0.15) is 11.1 Å². The molecule has 6 rings (SSSR count). The molecule has 0 fully saturated rings. The summed E-state index contributed by atoms with van der Waals surface area (Å²) in [6.07, 6.45) is 2.17. The molecule has 0 heterocycles. The molecule has 0 aliphatic heterocycles. The molecule has 0 radical (unpaired) electrons. The van der Waals surface area contributed by atoms with E-state index in [1.807, 2.05) is 0 Å². The van der Waals surface area contributed by atoms with E-state index in [9.17, 15) is 62.3 Å². The lowest BCUT2D eigenvalue weighted by Gasteiger charge is -2.06. The summed E-state index contributed by atoms with van der Waals surface area (Å²) in [7, 11) is -16.5. The number of hydrogen-bond acceptors (Lipinski definition) is 16. The summed E-state index contributed by atoms with van der Waals surface area (Å²) in [6, 6.07) is 24.7. The highest BCUT2D eigenvalue weighted by Crippen LogP contribution is 2.36. The van der Waals surface area contributed by atoms with E-state index in [1.54, 1.807) is 0 Å². The predicted octanol–water partition coefficient (Wildman–Crippen LogP) is 9.33. The second-order valence-corrected chi connectivity index (χ2v) is 19.2. The van der Waals surface area contributed by atoms with Gasteiger partial charge in [-0.05, 0) is 83.9 Å². The van der Waals surface area contributed by atoms with Crippen LogP contribution in [-0.2, 0) is 40.5 Å². The maximum Gasteiger partial charge on any atom is 0.295 e. The Labute approximate surface area is 386 Å². The zero-order valence-electron chi connectivity index (χ0n) is 34.7. The highest BCUT2D eigenvalue weighted by Gasteiger charge is 2.24. The number of methoxy groups -OCH3 is 2. The van der Waals surface area contributed by atoms with Gasteiger partial charge in [-0.15, -0.1) is 0 Å². The molecule has 6 N–H and O–H groups in total. The van der Waals surface area contributed by atoms with Crippen LogP contribution in [0, 0.1) is 0 Å². The Morgan fingerprint density at radius 1 is 0.441 bits per heavy atom. The predicted molar refractivity (Wildman–Crippen MR) is 236 cm³/mol. The first-order valence-corrected chi connectivity index (χ1v) is 24.4. The van der Waals surface area contributed by atoms with Crippen LogP contribution in [0.25, 0.3) is 12.2 Å². The van der Waals surface area contributed by atoms with Crippen LogP contribution in [0.2, 0.25) is 0 Å². The Morgan fingerprint density at radius 2 is 0.794 bits per heavy atom. The molecule has 68 heavy (non-hydrogen) atoms. The van der Waals surface area contributed by atoms with Crippen molar-refractivity contribution in [3.8, 4) is 11.5 Å². The molecule has 0 atom stereocenters. The molecule has 28 heteroatoms. The summed E-state index contributed by atoms with van der Waals surface area (Å²) in [5.41, 5.74) is -0.424. The Balaban J connectivity index is 1.24. The quantitative estimate of drug-likeness (QED) is 0.0173. The number of benzene rings is 6. The van der Waals surface area contributed by atoms with Crippen LogP contribution >= 0.6 is 0 Å². The van der Waals surface area contributed by atoms with E-state index in [-0.39, 0.29) is 77.8 Å². The van der Waals surface area contributed by atoms with Crippen LogP contribution < -0.4 is 9.47 Å². The topological polar surface area (TPSA) is 357 Å². The van der Waals surface area contributed by atoms with Crippen molar-refractivity contribution in [3.63, 3.8) is 0 Å². The maximum atomic E-state index is 12.5. The molecule has 352 valence electrons. The number of azo groups is 4. The summed E-state index contributed by atoms with van der Waals surface area (Å²) in [5, 5.41) is 45.6. The number of nitrogens with zero attached hydrogens (tertiary/aromatic N) is 8. The summed E-state index contributed by atoms with van der Waals surface area (Å²) < 4.78 is 145. The van der Waals surface area contributed by atoms with E-state index in [1.165, 1.54) is 87.0 Å². The number of hydrogen-bond donors (Lipinski definition) is 6. The fourth-order valence-corrected chi connectivity index (χ4v) is 8.23. The third-order valence-electron chi connectivity index (χ3n) is 8.98. The molecule has 6 aromatic carbocycles. The highest BCUT2D eigenvalue weighted by atomic mass is 32.2. The van der Waals surface area contributed by atoms with Gasteiger partial charge in [-0.25, -0.2) is 0 Å². The third-order valence-corrected chi connectivity index (χ3v) is 12.5. The van der Waals surface area contributed by atoms with E-state index in [4.69, 9.17) is 9.47 Å². The maximum absolute atomic E-state index is 12.5. The van der Waals surface area contributed by atoms with Crippen molar-refractivity contribution in [2.75, 3.05) is 14.2 Å². The average molecular weight is 1010 g/mol. The van der Waals surface area contributed by atoms with Crippen molar-refractivity contribution < 1.29 is 81.5 Å². The van der Waals surface area contributed by atoms with Gasteiger partial charge in [0.2, 0.25) is 0 Å². The Bertz CT molecular complexity index is 3350. The third kappa shape index (κ3) is 12.6. The second kappa shape index (κ2) is 20.0.